The van der Waals surface area contributed by atoms with Gasteiger partial charge in [0, 0.05) is 16.7 Å². The molecule has 1 amide bonds. The molecule has 7 heteroatoms. The summed E-state index contributed by atoms with van der Waals surface area (Å²) >= 11 is 0. The largest absolute Gasteiger partial charge is 0.492 e. The molecule has 2 aromatic rings. The molecule has 0 unspecified atom stereocenters. The van der Waals surface area contributed by atoms with Gasteiger partial charge in [-0.15, -0.1) is 0 Å². The maximum Gasteiger partial charge on any atom is 0.251 e. The van der Waals surface area contributed by atoms with Crippen molar-refractivity contribution < 1.29 is 9.53 Å². The second kappa shape index (κ2) is 7.77. The first-order valence-corrected chi connectivity index (χ1v) is 7.27. The topological polar surface area (TPSA) is 138 Å². The zero-order valence-corrected chi connectivity index (χ0v) is 13.0. The van der Waals surface area contributed by atoms with E-state index in [0.717, 1.165) is 0 Å². The first kappa shape index (κ1) is 17.0. The molecule has 124 valence electrons. The van der Waals surface area contributed by atoms with Gasteiger partial charge in [0.2, 0.25) is 0 Å². The molecule has 0 radical (unpaired) electrons. The van der Waals surface area contributed by atoms with Gasteiger partial charge in [-0.05, 0) is 24.3 Å². The van der Waals surface area contributed by atoms with E-state index in [1.165, 1.54) is 0 Å². The average molecular weight is 325 g/mol. The van der Waals surface area contributed by atoms with E-state index in [0.29, 0.717) is 29.0 Å². The van der Waals surface area contributed by atoms with Crippen molar-refractivity contribution in [1.82, 2.24) is 5.32 Å². The maximum atomic E-state index is 12.1. The van der Waals surface area contributed by atoms with Crippen LogP contribution >= 0.6 is 0 Å². The Bertz CT molecular complexity index is 773. The number of nitrogens with one attached hydrogen (secondary N) is 3. The van der Waals surface area contributed by atoms with Crippen LogP contribution in [0.15, 0.2) is 48.5 Å². The summed E-state index contributed by atoms with van der Waals surface area (Å²) in [6.45, 7) is 0.590. The summed E-state index contributed by atoms with van der Waals surface area (Å²) in [6.07, 6.45) is 0. The third kappa shape index (κ3) is 4.57. The molecule has 0 atom stereocenters. The lowest BCUT2D eigenvalue weighted by Crippen LogP contribution is -2.28. The lowest BCUT2D eigenvalue weighted by molar-refractivity contribution is 0.0947. The standard InChI is InChI=1S/C17H19N5O2/c18-15(19)11-3-1-5-13(9-11)17(23)22-7-8-24-14-6-2-4-12(10-14)16(20)21/h1-6,9-10H,7-8H2,(H3,18,19)(H3,20,21)(H,22,23). The minimum absolute atomic E-state index is 0.0286. The van der Waals surface area contributed by atoms with E-state index < -0.39 is 0 Å². The molecule has 0 bridgehead atoms. The average Bonchev–Trinajstić information content (AvgIpc) is 2.58. The molecule has 0 aliphatic rings. The van der Waals surface area contributed by atoms with Crippen LogP contribution < -0.4 is 21.5 Å². The number of carbonyl (C=O) groups excluding carboxylic acids is 1. The van der Waals surface area contributed by atoms with Gasteiger partial charge in [0.1, 0.15) is 24.0 Å². The van der Waals surface area contributed by atoms with Crippen molar-refractivity contribution in [2.45, 2.75) is 0 Å². The predicted molar refractivity (Wildman–Crippen MR) is 92.7 cm³/mol. The highest BCUT2D eigenvalue weighted by Gasteiger charge is 2.07. The summed E-state index contributed by atoms with van der Waals surface area (Å²) < 4.78 is 5.52. The summed E-state index contributed by atoms with van der Waals surface area (Å²) in [4.78, 5) is 12.1. The first-order valence-electron chi connectivity index (χ1n) is 7.27. The van der Waals surface area contributed by atoms with Crippen molar-refractivity contribution in [3.63, 3.8) is 0 Å². The summed E-state index contributed by atoms with van der Waals surface area (Å²) in [6, 6.07) is 13.5. The quantitative estimate of drug-likeness (QED) is 0.295. The molecule has 24 heavy (non-hydrogen) atoms. The Morgan fingerprint density at radius 3 is 2.21 bits per heavy atom. The molecule has 0 aliphatic heterocycles. The van der Waals surface area contributed by atoms with Crippen molar-refractivity contribution >= 4 is 17.6 Å². The summed E-state index contributed by atoms with van der Waals surface area (Å²) in [5.74, 6) is 0.201. The summed E-state index contributed by atoms with van der Waals surface area (Å²) in [5.41, 5.74) is 12.3. The van der Waals surface area contributed by atoms with Gasteiger partial charge < -0.3 is 21.5 Å². The van der Waals surface area contributed by atoms with Gasteiger partial charge in [0.25, 0.3) is 5.91 Å². The van der Waals surface area contributed by atoms with Crippen molar-refractivity contribution in [3.05, 3.63) is 65.2 Å². The van der Waals surface area contributed by atoms with Crippen molar-refractivity contribution in [3.8, 4) is 5.75 Å². The molecule has 0 fully saturated rings. The molecule has 0 heterocycles. The summed E-state index contributed by atoms with van der Waals surface area (Å²) in [7, 11) is 0. The van der Waals surface area contributed by atoms with Gasteiger partial charge in [-0.25, -0.2) is 0 Å². The fourth-order valence-corrected chi connectivity index (χ4v) is 2.02. The fourth-order valence-electron chi connectivity index (χ4n) is 2.02. The molecular weight excluding hydrogens is 306 g/mol. The van der Waals surface area contributed by atoms with Gasteiger partial charge in [-0.2, -0.15) is 0 Å². The Kier molecular flexibility index (Phi) is 5.51. The van der Waals surface area contributed by atoms with Gasteiger partial charge in [0.05, 0.1) is 6.54 Å². The number of carbonyl (C=O) groups is 1. The van der Waals surface area contributed by atoms with E-state index in [1.54, 1.807) is 48.5 Å². The van der Waals surface area contributed by atoms with E-state index >= 15 is 0 Å². The maximum absolute atomic E-state index is 12.1. The fraction of sp³-hybridized carbons (Fsp3) is 0.118. The van der Waals surface area contributed by atoms with Crippen LogP contribution in [0.3, 0.4) is 0 Å². The smallest absolute Gasteiger partial charge is 0.251 e. The molecule has 0 aromatic heterocycles. The Morgan fingerprint density at radius 2 is 1.54 bits per heavy atom. The van der Waals surface area contributed by atoms with Crippen molar-refractivity contribution in [2.75, 3.05) is 13.2 Å². The molecule has 2 rings (SSSR count). The molecular formula is C17H19N5O2. The van der Waals surface area contributed by atoms with Crippen LogP contribution in [0, 0.1) is 10.8 Å². The van der Waals surface area contributed by atoms with E-state index in [1.807, 2.05) is 0 Å². The zero-order chi connectivity index (χ0) is 17.5. The molecule has 2 aromatic carbocycles. The van der Waals surface area contributed by atoms with E-state index in [9.17, 15) is 4.79 Å². The van der Waals surface area contributed by atoms with Gasteiger partial charge in [-0.1, -0.05) is 24.3 Å². The Morgan fingerprint density at radius 1 is 0.958 bits per heavy atom. The lowest BCUT2D eigenvalue weighted by atomic mass is 10.1. The minimum Gasteiger partial charge on any atom is -0.492 e. The number of nitrogen functional groups attached to an aromatic ring is 2. The number of benzene rings is 2. The van der Waals surface area contributed by atoms with Crippen molar-refractivity contribution in [1.29, 1.82) is 10.8 Å². The van der Waals surface area contributed by atoms with Crippen molar-refractivity contribution in [2.24, 2.45) is 11.5 Å². The third-order valence-corrected chi connectivity index (χ3v) is 3.24. The first-order chi connectivity index (χ1) is 11.5. The minimum atomic E-state index is -0.265. The molecule has 7 nitrogen and oxygen atoms in total. The highest BCUT2D eigenvalue weighted by molar-refractivity contribution is 6.00. The number of amidine groups is 2. The second-order valence-electron chi connectivity index (χ2n) is 5.04. The molecule has 0 saturated heterocycles. The Hall–Kier alpha value is -3.35. The van der Waals surface area contributed by atoms with Crippen LogP contribution in [0.2, 0.25) is 0 Å². The molecule has 0 saturated carbocycles. The van der Waals surface area contributed by atoms with Crippen LogP contribution in [0.1, 0.15) is 21.5 Å². The van der Waals surface area contributed by atoms with Crippen LogP contribution in [-0.2, 0) is 0 Å². The number of ether oxygens (including phenoxy) is 1. The number of rotatable bonds is 7. The highest BCUT2D eigenvalue weighted by atomic mass is 16.5. The SMILES string of the molecule is N=C(N)c1cccc(OCCNC(=O)c2cccc(C(=N)N)c2)c1. The summed E-state index contributed by atoms with van der Waals surface area (Å²) in [5, 5.41) is 17.5. The molecule has 7 N–H and O–H groups in total. The van der Waals surface area contributed by atoms with E-state index in [2.05, 4.69) is 5.32 Å². The van der Waals surface area contributed by atoms with Gasteiger partial charge in [0.15, 0.2) is 0 Å². The van der Waals surface area contributed by atoms with Crippen LogP contribution in [0.5, 0.6) is 5.75 Å². The Labute approximate surface area is 139 Å². The lowest BCUT2D eigenvalue weighted by Gasteiger charge is -2.09. The Balaban J connectivity index is 1.85. The second-order valence-corrected chi connectivity index (χ2v) is 5.04. The number of nitrogens with two attached hydrogens (primary N) is 2. The normalized spacial score (nSPS) is 10.0. The zero-order valence-electron chi connectivity index (χ0n) is 13.0. The molecule has 0 spiro atoms. The van der Waals surface area contributed by atoms with Gasteiger partial charge >= 0.3 is 0 Å². The number of hydrogen-bond donors (Lipinski definition) is 5. The van der Waals surface area contributed by atoms with E-state index in [4.69, 9.17) is 27.0 Å². The van der Waals surface area contributed by atoms with Gasteiger partial charge in [-0.3, -0.25) is 15.6 Å². The third-order valence-electron chi connectivity index (χ3n) is 3.24. The number of hydrogen-bond acceptors (Lipinski definition) is 4. The van der Waals surface area contributed by atoms with E-state index in [-0.39, 0.29) is 24.2 Å². The number of amides is 1. The molecule has 0 aliphatic carbocycles. The highest BCUT2D eigenvalue weighted by Crippen LogP contribution is 2.12. The van der Waals surface area contributed by atoms with Crippen LogP contribution in [0.25, 0.3) is 0 Å². The predicted octanol–water partition coefficient (Wildman–Crippen LogP) is 1.06. The monoisotopic (exact) mass is 325 g/mol. The van der Waals surface area contributed by atoms with Crippen LogP contribution in [-0.4, -0.2) is 30.7 Å². The van der Waals surface area contributed by atoms with Crippen LogP contribution in [0.4, 0.5) is 0 Å².